The Morgan fingerprint density at radius 1 is 1.09 bits per heavy atom. The van der Waals surface area contributed by atoms with Gasteiger partial charge in [0.25, 0.3) is 0 Å². The topological polar surface area (TPSA) is 44.8 Å². The Kier molecular flexibility index (Phi) is 7.76. The second kappa shape index (κ2) is 10.1. The number of carbonyl (C=O) groups excluding carboxylic acids is 1. The van der Waals surface area contributed by atoms with Crippen LogP contribution in [0.4, 0.5) is 26.3 Å². The standard InChI is InChI=1S/C24H21ClF6O4/c1-22(2)16(11-19(25)24(30,31)34-13-23(27,28)29)20(22)21(32)33-12-14-8-9-17(26)18(10-14)35-15-6-4-3-5-7-15/h3-11,16,20H,12-13H2,1-2H3. The second-order valence-electron chi connectivity index (χ2n) is 8.55. The lowest BCUT2D eigenvalue weighted by Gasteiger charge is -2.17. The van der Waals surface area contributed by atoms with Gasteiger partial charge in [-0.05, 0) is 41.2 Å². The van der Waals surface area contributed by atoms with Crippen molar-refractivity contribution in [1.82, 2.24) is 0 Å². The van der Waals surface area contributed by atoms with Crippen molar-refractivity contribution < 1.29 is 45.3 Å². The predicted octanol–water partition coefficient (Wildman–Crippen LogP) is 7.23. The molecule has 35 heavy (non-hydrogen) atoms. The van der Waals surface area contributed by atoms with Crippen LogP contribution in [0, 0.1) is 23.1 Å². The summed E-state index contributed by atoms with van der Waals surface area (Å²) < 4.78 is 92.7. The number of rotatable bonds is 9. The van der Waals surface area contributed by atoms with Gasteiger partial charge in [-0.3, -0.25) is 4.79 Å². The molecule has 2 aromatic carbocycles. The first-order valence-corrected chi connectivity index (χ1v) is 10.7. The molecule has 0 saturated heterocycles. The van der Waals surface area contributed by atoms with Gasteiger partial charge in [0.2, 0.25) is 0 Å². The van der Waals surface area contributed by atoms with Crippen molar-refractivity contribution in [3.8, 4) is 11.5 Å². The van der Waals surface area contributed by atoms with E-state index in [1.54, 1.807) is 44.2 Å². The molecule has 0 amide bonds. The summed E-state index contributed by atoms with van der Waals surface area (Å²) in [6.07, 6.45) is -8.51. The highest BCUT2D eigenvalue weighted by Gasteiger charge is 2.62. The Balaban J connectivity index is 1.62. The summed E-state index contributed by atoms with van der Waals surface area (Å²) in [5.41, 5.74) is -0.414. The zero-order valence-corrected chi connectivity index (χ0v) is 19.3. The SMILES string of the molecule is CC1(C)C(C=C(Cl)C(F)(F)OCC(F)(F)F)C1C(=O)OCc1ccc(F)c(Oc2ccccc2)c1. The number of ether oxygens (including phenoxy) is 3. The number of para-hydroxylation sites is 1. The van der Waals surface area contributed by atoms with Crippen LogP contribution in [0.3, 0.4) is 0 Å². The van der Waals surface area contributed by atoms with Gasteiger partial charge in [0, 0.05) is 0 Å². The van der Waals surface area contributed by atoms with Gasteiger partial charge >= 0.3 is 18.3 Å². The molecule has 1 saturated carbocycles. The molecular formula is C24H21ClF6O4. The number of hydrogen-bond donors (Lipinski definition) is 0. The minimum absolute atomic E-state index is 0.0785. The van der Waals surface area contributed by atoms with Crippen molar-refractivity contribution in [1.29, 1.82) is 0 Å². The maximum absolute atomic E-state index is 14.1. The van der Waals surface area contributed by atoms with E-state index in [9.17, 15) is 31.1 Å². The molecular weight excluding hydrogens is 502 g/mol. The van der Waals surface area contributed by atoms with Gasteiger partial charge in [-0.2, -0.15) is 22.0 Å². The quantitative estimate of drug-likeness (QED) is 0.257. The van der Waals surface area contributed by atoms with Crippen LogP contribution in [0.15, 0.2) is 59.6 Å². The van der Waals surface area contributed by atoms with E-state index in [1.165, 1.54) is 12.1 Å². The average Bonchev–Trinajstić information content (AvgIpc) is 3.32. The van der Waals surface area contributed by atoms with Crippen molar-refractivity contribution in [3.63, 3.8) is 0 Å². The molecule has 0 heterocycles. The van der Waals surface area contributed by atoms with E-state index in [0.29, 0.717) is 11.3 Å². The summed E-state index contributed by atoms with van der Waals surface area (Å²) in [7, 11) is 0. The van der Waals surface area contributed by atoms with Crippen LogP contribution in [-0.4, -0.2) is 24.9 Å². The summed E-state index contributed by atoms with van der Waals surface area (Å²) in [4.78, 5) is 12.6. The number of allylic oxidation sites excluding steroid dienone is 1. The third-order valence-electron chi connectivity index (χ3n) is 5.53. The van der Waals surface area contributed by atoms with Gasteiger partial charge in [-0.1, -0.05) is 55.8 Å². The molecule has 0 bridgehead atoms. The van der Waals surface area contributed by atoms with Crippen LogP contribution in [0.1, 0.15) is 19.4 Å². The zero-order chi connectivity index (χ0) is 26.0. The van der Waals surface area contributed by atoms with E-state index in [0.717, 1.165) is 12.1 Å². The lowest BCUT2D eigenvalue weighted by atomic mass is 10.1. The molecule has 1 aliphatic rings. The normalized spacial score (nSPS) is 19.9. The Hall–Kier alpha value is -2.72. The third-order valence-corrected chi connectivity index (χ3v) is 5.88. The molecule has 0 spiro atoms. The smallest absolute Gasteiger partial charge is 0.412 e. The second-order valence-corrected chi connectivity index (χ2v) is 8.95. The molecule has 1 aliphatic carbocycles. The van der Waals surface area contributed by atoms with Crippen LogP contribution in [0.25, 0.3) is 0 Å². The van der Waals surface area contributed by atoms with E-state index in [4.69, 9.17) is 21.1 Å². The Morgan fingerprint density at radius 3 is 2.37 bits per heavy atom. The summed E-state index contributed by atoms with van der Waals surface area (Å²) in [6, 6.07) is 12.4. The van der Waals surface area contributed by atoms with Crippen LogP contribution >= 0.6 is 11.6 Å². The fourth-order valence-electron chi connectivity index (χ4n) is 3.51. The molecule has 1 fully saturated rings. The number of carbonyl (C=O) groups is 1. The first-order valence-electron chi connectivity index (χ1n) is 10.3. The van der Waals surface area contributed by atoms with E-state index in [-0.39, 0.29) is 12.4 Å². The van der Waals surface area contributed by atoms with Crippen LogP contribution in [0.5, 0.6) is 11.5 Å². The molecule has 0 aliphatic heterocycles. The van der Waals surface area contributed by atoms with Gasteiger partial charge in [0.15, 0.2) is 11.6 Å². The fraction of sp³-hybridized carbons (Fsp3) is 0.375. The maximum Gasteiger partial charge on any atom is 0.412 e. The lowest BCUT2D eigenvalue weighted by Crippen LogP contribution is -2.28. The molecule has 2 unspecified atom stereocenters. The summed E-state index contributed by atoms with van der Waals surface area (Å²) in [5, 5.41) is -1.25. The van der Waals surface area contributed by atoms with Crippen molar-refractivity contribution in [3.05, 3.63) is 71.0 Å². The minimum Gasteiger partial charge on any atom is -0.461 e. The number of halogens is 7. The van der Waals surface area contributed by atoms with Gasteiger partial charge in [-0.25, -0.2) is 4.39 Å². The van der Waals surface area contributed by atoms with Crippen molar-refractivity contribution >= 4 is 17.6 Å². The van der Waals surface area contributed by atoms with E-state index in [1.807, 2.05) is 0 Å². The van der Waals surface area contributed by atoms with E-state index in [2.05, 4.69) is 4.74 Å². The van der Waals surface area contributed by atoms with Crippen molar-refractivity contribution in [2.24, 2.45) is 17.3 Å². The Labute approximate surface area is 202 Å². The molecule has 3 rings (SSSR count). The first-order chi connectivity index (χ1) is 16.2. The van der Waals surface area contributed by atoms with Crippen LogP contribution in [0.2, 0.25) is 0 Å². The van der Waals surface area contributed by atoms with E-state index >= 15 is 0 Å². The number of esters is 1. The maximum atomic E-state index is 14.1. The summed E-state index contributed by atoms with van der Waals surface area (Å²) >= 11 is 5.52. The van der Waals surface area contributed by atoms with Crippen LogP contribution < -0.4 is 4.74 Å². The summed E-state index contributed by atoms with van der Waals surface area (Å²) in [5.74, 6) is -2.70. The first kappa shape index (κ1) is 26.9. The highest BCUT2D eigenvalue weighted by atomic mass is 35.5. The van der Waals surface area contributed by atoms with Gasteiger partial charge in [0.05, 0.1) is 5.92 Å². The fourth-order valence-corrected chi connectivity index (χ4v) is 3.70. The van der Waals surface area contributed by atoms with Gasteiger partial charge < -0.3 is 14.2 Å². The van der Waals surface area contributed by atoms with Crippen molar-refractivity contribution in [2.75, 3.05) is 6.61 Å². The number of benzene rings is 2. The number of hydrogen-bond acceptors (Lipinski definition) is 4. The predicted molar refractivity (Wildman–Crippen MR) is 114 cm³/mol. The lowest BCUT2D eigenvalue weighted by molar-refractivity contribution is -0.267. The molecule has 190 valence electrons. The highest BCUT2D eigenvalue weighted by Crippen LogP contribution is 2.60. The molecule has 4 nitrogen and oxygen atoms in total. The number of alkyl halides is 5. The monoisotopic (exact) mass is 522 g/mol. The Morgan fingerprint density at radius 2 is 1.74 bits per heavy atom. The molecule has 11 heteroatoms. The zero-order valence-electron chi connectivity index (χ0n) is 18.5. The average molecular weight is 523 g/mol. The van der Waals surface area contributed by atoms with Crippen LogP contribution in [-0.2, 0) is 20.9 Å². The molecule has 2 aromatic rings. The van der Waals surface area contributed by atoms with Gasteiger partial charge in [0.1, 0.15) is 24.0 Å². The third kappa shape index (κ3) is 6.91. The molecule has 0 aromatic heterocycles. The van der Waals surface area contributed by atoms with E-state index < -0.39 is 53.0 Å². The largest absolute Gasteiger partial charge is 0.461 e. The highest BCUT2D eigenvalue weighted by molar-refractivity contribution is 6.30. The van der Waals surface area contributed by atoms with Gasteiger partial charge in [-0.15, -0.1) is 0 Å². The van der Waals surface area contributed by atoms with Crippen molar-refractivity contribution in [2.45, 2.75) is 32.7 Å². The molecule has 0 N–H and O–H groups in total. The summed E-state index contributed by atoms with van der Waals surface area (Å²) in [6.45, 7) is 0.772. The molecule has 2 atom stereocenters. The molecule has 0 radical (unpaired) electrons. The minimum atomic E-state index is -4.96. The Bertz CT molecular complexity index is 1090.